The van der Waals surface area contributed by atoms with Crippen molar-refractivity contribution in [3.8, 4) is 5.75 Å². The van der Waals surface area contributed by atoms with Crippen molar-refractivity contribution < 1.29 is 27.9 Å². The first-order valence-electron chi connectivity index (χ1n) is 12.0. The van der Waals surface area contributed by atoms with Gasteiger partial charge in [0.1, 0.15) is 16.7 Å². The number of benzene rings is 2. The second-order valence-electron chi connectivity index (χ2n) is 10.1. The lowest BCUT2D eigenvalue weighted by Gasteiger charge is -2.31. The molecule has 0 amide bonds. The summed E-state index contributed by atoms with van der Waals surface area (Å²) in [5.41, 5.74) is 1.25. The number of hydrogen-bond acceptors (Lipinski definition) is 6. The Morgan fingerprint density at radius 1 is 1.16 bits per heavy atom. The molecule has 2 atom stereocenters. The summed E-state index contributed by atoms with van der Waals surface area (Å²) in [4.78, 5) is 25.7. The minimum absolute atomic E-state index is 0.0734. The second-order valence-corrected chi connectivity index (χ2v) is 13.1. The van der Waals surface area contributed by atoms with Crippen LogP contribution < -0.4 is 4.74 Å². The number of ether oxygens (including phenoxy) is 1. The smallest absolute Gasteiger partial charge is 0.310 e. The van der Waals surface area contributed by atoms with Crippen molar-refractivity contribution >= 4 is 33.1 Å². The van der Waals surface area contributed by atoms with E-state index in [2.05, 4.69) is 0 Å². The van der Waals surface area contributed by atoms with Gasteiger partial charge in [0.15, 0.2) is 5.78 Å². The Morgan fingerprint density at radius 2 is 1.86 bits per heavy atom. The zero-order valence-electron chi connectivity index (χ0n) is 21.5. The zero-order chi connectivity index (χ0) is 27.1. The van der Waals surface area contributed by atoms with Gasteiger partial charge in [-0.05, 0) is 75.6 Å². The molecule has 196 valence electrons. The molecule has 1 unspecified atom stereocenters. The summed E-state index contributed by atoms with van der Waals surface area (Å²) in [5, 5.41) is 10.1. The van der Waals surface area contributed by atoms with E-state index < -0.39 is 27.3 Å². The normalized spacial score (nSPS) is 18.4. The van der Waals surface area contributed by atoms with Gasteiger partial charge in [0.05, 0.1) is 16.8 Å². The predicted molar refractivity (Wildman–Crippen MR) is 143 cm³/mol. The number of para-hydroxylation sites is 1. The number of carboxylic acids is 1. The molecule has 0 fully saturated rings. The number of carboxylic acid groups (broad SMARTS) is 1. The van der Waals surface area contributed by atoms with E-state index in [0.717, 1.165) is 21.6 Å². The molecule has 37 heavy (non-hydrogen) atoms. The number of ketones is 1. The molecular formula is C28H31NO6S2. The lowest BCUT2D eigenvalue weighted by molar-refractivity contribution is -0.147. The van der Waals surface area contributed by atoms with E-state index in [1.165, 1.54) is 22.6 Å². The molecule has 2 heterocycles. The highest BCUT2D eigenvalue weighted by atomic mass is 32.2. The maximum Gasteiger partial charge on any atom is 0.310 e. The predicted octanol–water partition coefficient (Wildman–Crippen LogP) is 5.47. The molecule has 9 heteroatoms. The number of carbonyl (C=O) groups is 2. The molecule has 0 aliphatic carbocycles. The molecule has 0 saturated heterocycles. The van der Waals surface area contributed by atoms with Crippen molar-refractivity contribution in [2.24, 2.45) is 5.41 Å². The zero-order valence-corrected chi connectivity index (χ0v) is 23.2. The third kappa shape index (κ3) is 5.21. The van der Waals surface area contributed by atoms with Gasteiger partial charge in [0.25, 0.3) is 0 Å². The Balaban J connectivity index is 1.78. The molecule has 0 spiro atoms. The summed E-state index contributed by atoms with van der Waals surface area (Å²) >= 11 is 1.29. The van der Waals surface area contributed by atoms with Crippen LogP contribution in [0, 0.1) is 12.3 Å². The second kappa shape index (κ2) is 10.0. The summed E-state index contributed by atoms with van der Waals surface area (Å²) in [5.74, 6) is -1.23. The van der Waals surface area contributed by atoms with Gasteiger partial charge >= 0.3 is 5.97 Å². The number of thiophene rings is 1. The van der Waals surface area contributed by atoms with Gasteiger partial charge in [-0.2, -0.15) is 4.31 Å². The van der Waals surface area contributed by atoms with Crippen molar-refractivity contribution in [3.63, 3.8) is 0 Å². The summed E-state index contributed by atoms with van der Waals surface area (Å²) in [6.07, 6.45) is -0.350. The number of carbonyl (C=O) groups excluding carboxylic acids is 1. The molecule has 0 bridgehead atoms. The van der Waals surface area contributed by atoms with E-state index in [4.69, 9.17) is 4.74 Å². The van der Waals surface area contributed by atoms with Crippen LogP contribution in [0.25, 0.3) is 0 Å². The topological polar surface area (TPSA) is 101 Å². The van der Waals surface area contributed by atoms with Gasteiger partial charge in [0, 0.05) is 17.3 Å². The molecule has 1 aliphatic rings. The van der Waals surface area contributed by atoms with Crippen LogP contribution in [0.3, 0.4) is 0 Å². The minimum Gasteiger partial charge on any atom is -0.488 e. The van der Waals surface area contributed by atoms with Crippen LogP contribution in [0.5, 0.6) is 5.75 Å². The van der Waals surface area contributed by atoms with Crippen LogP contribution in [-0.4, -0.2) is 42.2 Å². The van der Waals surface area contributed by atoms with Crippen LogP contribution in [0.1, 0.15) is 64.9 Å². The molecular weight excluding hydrogens is 510 g/mol. The van der Waals surface area contributed by atoms with E-state index >= 15 is 0 Å². The Kier molecular flexibility index (Phi) is 7.34. The number of sulfonamides is 1. The van der Waals surface area contributed by atoms with Crippen LogP contribution in [0.2, 0.25) is 0 Å². The molecule has 1 aromatic heterocycles. The van der Waals surface area contributed by atoms with E-state index in [0.29, 0.717) is 10.6 Å². The van der Waals surface area contributed by atoms with Gasteiger partial charge < -0.3 is 9.84 Å². The molecule has 2 aromatic carbocycles. The average molecular weight is 542 g/mol. The minimum atomic E-state index is -3.82. The third-order valence-corrected chi connectivity index (χ3v) is 9.94. The fourth-order valence-electron chi connectivity index (χ4n) is 4.68. The Bertz CT molecular complexity index is 1460. The number of fused-ring (bicyclic) bond motifs is 1. The van der Waals surface area contributed by atoms with E-state index in [9.17, 15) is 23.1 Å². The molecule has 0 saturated carbocycles. The monoisotopic (exact) mass is 541 g/mol. The van der Waals surface area contributed by atoms with Gasteiger partial charge in [-0.25, -0.2) is 8.42 Å². The molecule has 0 radical (unpaired) electrons. The van der Waals surface area contributed by atoms with E-state index in [1.807, 2.05) is 38.1 Å². The summed E-state index contributed by atoms with van der Waals surface area (Å²) < 4.78 is 34.5. The first kappa shape index (κ1) is 27.0. The third-order valence-electron chi connectivity index (χ3n) is 6.84. The highest BCUT2D eigenvalue weighted by Gasteiger charge is 2.40. The fraction of sp³-hybridized carbons (Fsp3) is 0.357. The van der Waals surface area contributed by atoms with Gasteiger partial charge in [0.2, 0.25) is 10.0 Å². The molecule has 4 rings (SSSR count). The van der Waals surface area contributed by atoms with E-state index in [1.54, 1.807) is 44.2 Å². The highest BCUT2D eigenvalue weighted by Crippen LogP contribution is 2.44. The fourth-order valence-corrected chi connectivity index (χ4v) is 7.51. The summed E-state index contributed by atoms with van der Waals surface area (Å²) in [6.45, 7) is 8.87. The number of hydrogen-bond donors (Lipinski definition) is 1. The number of rotatable bonds is 7. The van der Waals surface area contributed by atoms with Crippen LogP contribution in [0.15, 0.2) is 59.5 Å². The lowest BCUT2D eigenvalue weighted by Crippen LogP contribution is -2.35. The average Bonchev–Trinajstić information content (AvgIpc) is 3.27. The summed E-state index contributed by atoms with van der Waals surface area (Å²) in [6, 6.07) is 15.9. The van der Waals surface area contributed by atoms with Crippen LogP contribution in [0.4, 0.5) is 0 Å². The number of Topliss-reactive ketones (excluding diaryl/α,β-unsaturated/α-hetero) is 1. The summed E-state index contributed by atoms with van der Waals surface area (Å²) in [7, 11) is -3.82. The van der Waals surface area contributed by atoms with Crippen molar-refractivity contribution in [2.75, 3.05) is 6.54 Å². The van der Waals surface area contributed by atoms with Gasteiger partial charge in [-0.3, -0.25) is 9.59 Å². The number of nitrogens with zero attached hydrogens (tertiary/aromatic N) is 1. The van der Waals surface area contributed by atoms with Crippen LogP contribution >= 0.6 is 11.3 Å². The number of aryl methyl sites for hydroxylation is 1. The highest BCUT2D eigenvalue weighted by molar-refractivity contribution is 7.89. The first-order chi connectivity index (χ1) is 17.3. The van der Waals surface area contributed by atoms with Gasteiger partial charge in [-0.1, -0.05) is 30.3 Å². The largest absolute Gasteiger partial charge is 0.488 e. The van der Waals surface area contributed by atoms with Crippen molar-refractivity contribution in [2.45, 2.75) is 58.1 Å². The first-order valence-corrected chi connectivity index (χ1v) is 14.3. The SMILES string of the molecule is CC(=O)c1ccc(C(c2ccc(C)c(CN3C[C@@H](C)Oc4ccccc4S3(=O)=O)c2)C(C)(C)C(=O)O)s1. The van der Waals surface area contributed by atoms with Crippen molar-refractivity contribution in [1.29, 1.82) is 0 Å². The number of aliphatic carboxylic acids is 1. The Hall–Kier alpha value is -3.01. The lowest BCUT2D eigenvalue weighted by atomic mass is 9.73. The quantitative estimate of drug-likeness (QED) is 0.398. The van der Waals surface area contributed by atoms with Crippen molar-refractivity contribution in [1.82, 2.24) is 4.31 Å². The molecule has 1 N–H and O–H groups in total. The standard InChI is InChI=1S/C28H31NO6S2/c1-17-10-11-20(26(28(4,5)27(31)32)24-13-12-23(36-24)19(3)30)14-21(17)16-29-15-18(2)35-22-8-6-7-9-25(22)37(29,33)34/h6-14,18,26H,15-16H2,1-5H3,(H,31,32)/t18-,26?/m1/s1. The van der Waals surface area contributed by atoms with E-state index in [-0.39, 0.29) is 29.9 Å². The maximum atomic E-state index is 13.6. The maximum absolute atomic E-state index is 13.6. The Labute approximate surface area is 221 Å². The molecule has 3 aromatic rings. The molecule has 1 aliphatic heterocycles. The van der Waals surface area contributed by atoms with Gasteiger partial charge in [-0.15, -0.1) is 11.3 Å². The van der Waals surface area contributed by atoms with Crippen LogP contribution in [-0.2, 0) is 21.4 Å². The van der Waals surface area contributed by atoms with Crippen molar-refractivity contribution in [3.05, 3.63) is 81.0 Å². The Morgan fingerprint density at radius 3 is 2.51 bits per heavy atom. The molecule has 7 nitrogen and oxygen atoms in total.